The van der Waals surface area contributed by atoms with Gasteiger partial charge in [0, 0.05) is 26.2 Å². The Bertz CT molecular complexity index is 1270. The van der Waals surface area contributed by atoms with E-state index in [1.165, 1.54) is 0 Å². The Kier molecular flexibility index (Phi) is 12.4. The predicted octanol–water partition coefficient (Wildman–Crippen LogP) is 8.93. The molecule has 0 bridgehead atoms. The molecule has 0 unspecified atom stereocenters. The average molecular weight is 646 g/mol. The molecule has 0 saturated heterocycles. The molecule has 0 radical (unpaired) electrons. The standard InChI is InChI=1S/C19H6F10.2C5H5.Zr/c20-10-8(11(21)15(25)18(28)14(10)24)4-6-2-1-3-7(6)5-9-12(22)16(26)19(29)17(27)13(9)23;2*1-2-4-5-3-1;/h1-3H2;2*1-5H;/q-2;-5;-1;. The molecule has 0 heterocycles. The van der Waals surface area contributed by atoms with Crippen LogP contribution in [-0.2, 0) is 26.2 Å². The molecule has 4 aromatic carbocycles. The van der Waals surface area contributed by atoms with E-state index in [0.717, 1.165) is 0 Å². The van der Waals surface area contributed by atoms with Crippen LogP contribution in [0.2, 0.25) is 0 Å². The van der Waals surface area contributed by atoms with Gasteiger partial charge in [0.2, 0.25) is 0 Å². The molecule has 5 rings (SSSR count). The number of halogens is 10. The molecule has 40 heavy (non-hydrogen) atoms. The number of hydrogen-bond donors (Lipinski definition) is 0. The van der Waals surface area contributed by atoms with Crippen LogP contribution in [0.5, 0.6) is 0 Å². The molecule has 11 heteroatoms. The molecule has 1 fully saturated rings. The number of hydrogen-bond acceptors (Lipinski definition) is 0. The van der Waals surface area contributed by atoms with Gasteiger partial charge >= 0.3 is 0 Å². The molecule has 0 aromatic heterocycles. The second kappa shape index (κ2) is 15.0. The fraction of sp³-hybridized carbons (Fsp3) is 0.103. The summed E-state index contributed by atoms with van der Waals surface area (Å²) >= 11 is 0. The van der Waals surface area contributed by atoms with E-state index >= 15 is 0 Å². The summed E-state index contributed by atoms with van der Waals surface area (Å²) in [6.45, 7) is 0. The van der Waals surface area contributed by atoms with E-state index in [-0.39, 0.29) is 56.6 Å². The first-order chi connectivity index (χ1) is 18.6. The monoisotopic (exact) mass is 644 g/mol. The molecule has 1 aliphatic carbocycles. The summed E-state index contributed by atoms with van der Waals surface area (Å²) in [5.74, 6) is -22.4. The van der Waals surface area contributed by atoms with Crippen LogP contribution < -0.4 is 0 Å². The van der Waals surface area contributed by atoms with E-state index in [4.69, 9.17) is 0 Å². The van der Waals surface area contributed by atoms with Crippen molar-refractivity contribution in [3.8, 4) is 0 Å². The maximum absolute atomic E-state index is 13.8. The molecular weight excluding hydrogens is 630 g/mol. The first kappa shape index (κ1) is 33.0. The summed E-state index contributed by atoms with van der Waals surface area (Å²) in [5, 5.41) is 0. The van der Waals surface area contributed by atoms with Crippen molar-refractivity contribution in [2.24, 2.45) is 0 Å². The summed E-state index contributed by atoms with van der Waals surface area (Å²) in [4.78, 5) is 0. The van der Waals surface area contributed by atoms with E-state index in [0.29, 0.717) is 0 Å². The normalized spacial score (nSPS) is 14.3. The third-order valence-electron chi connectivity index (χ3n) is 5.30. The zero-order valence-corrected chi connectivity index (χ0v) is 22.6. The molecule has 0 atom stereocenters. The third-order valence-corrected chi connectivity index (χ3v) is 5.30. The zero-order valence-electron chi connectivity index (χ0n) is 20.2. The van der Waals surface area contributed by atoms with E-state index in [2.05, 4.69) is 0 Å². The van der Waals surface area contributed by atoms with Gasteiger partial charge < -0.3 is 30.3 Å². The summed E-state index contributed by atoms with van der Waals surface area (Å²) < 4.78 is 135. The predicted molar refractivity (Wildman–Crippen MR) is 122 cm³/mol. The molecule has 1 saturated carbocycles. The van der Waals surface area contributed by atoms with Crippen molar-refractivity contribution in [1.82, 2.24) is 0 Å². The number of allylic oxidation sites excluding steroid dienone is 2. The van der Waals surface area contributed by atoms with Crippen LogP contribution in [-0.4, -0.2) is 0 Å². The Morgan fingerprint density at radius 3 is 0.975 bits per heavy atom. The van der Waals surface area contributed by atoms with Gasteiger partial charge in [0.05, 0.1) is 23.3 Å². The van der Waals surface area contributed by atoms with Crippen LogP contribution in [0.25, 0.3) is 0 Å². The topological polar surface area (TPSA) is 0 Å². The second-order valence-electron chi connectivity index (χ2n) is 7.87. The first-order valence-corrected chi connectivity index (χ1v) is 11.2. The van der Waals surface area contributed by atoms with Gasteiger partial charge in [0.15, 0.2) is 34.9 Å². The smallest absolute Gasteiger partial charge is 0.181 e. The van der Waals surface area contributed by atoms with E-state index in [1.54, 1.807) is 0 Å². The van der Waals surface area contributed by atoms with Crippen LogP contribution in [0.15, 0.2) is 71.8 Å². The first-order valence-electron chi connectivity index (χ1n) is 11.2. The molecule has 0 nitrogen and oxygen atoms in total. The van der Waals surface area contributed by atoms with Crippen molar-refractivity contribution in [1.29, 1.82) is 0 Å². The quantitative estimate of drug-likeness (QED) is 0.0884. The van der Waals surface area contributed by atoms with Crippen molar-refractivity contribution in [3.05, 3.63) is 153 Å². The Morgan fingerprint density at radius 2 is 0.725 bits per heavy atom. The minimum Gasteiger partial charge on any atom is -0.748 e. The average Bonchev–Trinajstić information content (AvgIpc) is 3.75. The van der Waals surface area contributed by atoms with Gasteiger partial charge in [-0.3, -0.25) is 17.6 Å². The fourth-order valence-corrected chi connectivity index (χ4v) is 3.39. The SMILES string of the molecule is Fc1c(F)c(F)c([C-]=C2CCCC2=[C-]c2c(F)c(F)c(F)c(F)c2F)c(F)c1F.[Zr].[cH-]1[cH-][cH-][cH-][cH-]1.c1cc[cH-]c1. The molecule has 0 aliphatic heterocycles. The number of rotatable bonds is 2. The maximum Gasteiger partial charge on any atom is 0.181 e. The maximum atomic E-state index is 13.8. The molecule has 4 aromatic rings. The van der Waals surface area contributed by atoms with Crippen molar-refractivity contribution in [3.63, 3.8) is 0 Å². The largest absolute Gasteiger partial charge is 0.748 e. The molecule has 0 spiro atoms. The minimum absolute atomic E-state index is 0. The van der Waals surface area contributed by atoms with Gasteiger partial charge in [0.1, 0.15) is 0 Å². The summed E-state index contributed by atoms with van der Waals surface area (Å²) in [7, 11) is 0. The minimum atomic E-state index is -2.38. The van der Waals surface area contributed by atoms with Gasteiger partial charge in [-0.2, -0.15) is 30.4 Å². The Labute approximate surface area is 242 Å². The van der Waals surface area contributed by atoms with Gasteiger partial charge in [-0.05, 0) is 0 Å². The van der Waals surface area contributed by atoms with Gasteiger partial charge in [-0.15, -0.1) is 0 Å². The summed E-state index contributed by atoms with van der Waals surface area (Å²) in [6, 6.07) is 20.0. The molecule has 1 aliphatic rings. The van der Waals surface area contributed by atoms with Gasteiger partial charge in [0.25, 0.3) is 0 Å². The Balaban J connectivity index is 0.000000424. The van der Waals surface area contributed by atoms with Crippen LogP contribution in [0.3, 0.4) is 0 Å². The van der Waals surface area contributed by atoms with Crippen molar-refractivity contribution < 1.29 is 70.1 Å². The molecule has 214 valence electrons. The number of benzene rings is 2. The van der Waals surface area contributed by atoms with Crippen molar-refractivity contribution in [2.45, 2.75) is 19.3 Å². The Morgan fingerprint density at radius 1 is 0.450 bits per heavy atom. The summed E-state index contributed by atoms with van der Waals surface area (Å²) in [5.41, 5.74) is -3.35. The van der Waals surface area contributed by atoms with Gasteiger partial charge in [-0.1, -0.05) is 30.4 Å². The second-order valence-corrected chi connectivity index (χ2v) is 7.87. The van der Waals surface area contributed by atoms with Crippen LogP contribution >= 0.6 is 0 Å². The molecule has 0 amide bonds. The van der Waals surface area contributed by atoms with E-state index in [1.807, 2.05) is 72.8 Å². The van der Waals surface area contributed by atoms with Crippen molar-refractivity contribution >= 4 is 0 Å². The Hall–Kier alpha value is -3.20. The molecule has 0 N–H and O–H groups in total. The summed E-state index contributed by atoms with van der Waals surface area (Å²) in [6.07, 6.45) is 3.95. The molecular formula is C29H16F10Zr-8. The van der Waals surface area contributed by atoms with E-state index < -0.39 is 69.3 Å². The third kappa shape index (κ3) is 7.50. The van der Waals surface area contributed by atoms with Crippen LogP contribution in [0.1, 0.15) is 30.4 Å². The van der Waals surface area contributed by atoms with Crippen molar-refractivity contribution in [2.75, 3.05) is 0 Å². The van der Waals surface area contributed by atoms with Crippen LogP contribution in [0.4, 0.5) is 43.9 Å². The van der Waals surface area contributed by atoms with Crippen LogP contribution in [0, 0.1) is 70.3 Å². The fourth-order valence-electron chi connectivity index (χ4n) is 3.39. The van der Waals surface area contributed by atoms with Gasteiger partial charge in [-0.25, -0.2) is 49.6 Å². The zero-order chi connectivity index (χ0) is 28.7. The van der Waals surface area contributed by atoms with E-state index in [9.17, 15) is 43.9 Å².